The van der Waals surface area contributed by atoms with Crippen LogP contribution in [0.2, 0.25) is 0 Å². The van der Waals surface area contributed by atoms with Gasteiger partial charge in [-0.15, -0.1) is 0 Å². The lowest BCUT2D eigenvalue weighted by molar-refractivity contribution is 0.0699. The minimum atomic E-state index is -0.914. The molecule has 1 fully saturated rings. The summed E-state index contributed by atoms with van der Waals surface area (Å²) in [5, 5.41) is 9.13. The molecule has 4 nitrogen and oxygen atoms in total. The first-order valence-electron chi connectivity index (χ1n) is 6.32. The van der Waals surface area contributed by atoms with Crippen LogP contribution in [0.15, 0.2) is 24.5 Å². The molecule has 1 aromatic heterocycles. The lowest BCUT2D eigenvalue weighted by atomic mass is 10.0. The zero-order valence-electron chi connectivity index (χ0n) is 10.4. The third-order valence-corrected chi connectivity index (χ3v) is 4.09. The van der Waals surface area contributed by atoms with Crippen molar-refractivity contribution in [3.8, 4) is 0 Å². The van der Waals surface area contributed by atoms with Crippen molar-refractivity contribution in [2.24, 2.45) is 5.41 Å². The second-order valence-electron chi connectivity index (χ2n) is 5.20. The van der Waals surface area contributed by atoms with Crippen molar-refractivity contribution in [1.82, 2.24) is 9.55 Å². The van der Waals surface area contributed by atoms with E-state index in [1.54, 1.807) is 18.5 Å². The van der Waals surface area contributed by atoms with Gasteiger partial charge < -0.3 is 9.67 Å². The Balaban J connectivity index is 2.04. The molecule has 0 saturated heterocycles. The van der Waals surface area contributed by atoms with Gasteiger partial charge in [0.25, 0.3) is 0 Å². The molecule has 1 aromatic carbocycles. The number of carboxylic acids is 1. The number of para-hydroxylation sites is 1. The highest BCUT2D eigenvalue weighted by Crippen LogP contribution is 2.50. The van der Waals surface area contributed by atoms with E-state index in [1.807, 2.05) is 6.07 Å². The van der Waals surface area contributed by atoms with Gasteiger partial charge in [0.05, 0.1) is 17.4 Å². The second kappa shape index (κ2) is 3.83. The zero-order chi connectivity index (χ0) is 12.8. The van der Waals surface area contributed by atoms with Crippen LogP contribution < -0.4 is 0 Å². The number of nitrogens with zero attached hydrogens (tertiary/aromatic N) is 2. The number of imidazole rings is 1. The molecule has 0 amide bonds. The van der Waals surface area contributed by atoms with Gasteiger partial charge in [-0.2, -0.15) is 0 Å². The average Bonchev–Trinajstić information content (AvgIpc) is 3.03. The van der Waals surface area contributed by atoms with Gasteiger partial charge in [-0.25, -0.2) is 9.78 Å². The highest BCUT2D eigenvalue weighted by Gasteiger charge is 2.41. The first kappa shape index (κ1) is 11.3. The summed E-state index contributed by atoms with van der Waals surface area (Å²) in [6.07, 6.45) is 5.47. The van der Waals surface area contributed by atoms with E-state index < -0.39 is 5.97 Å². The van der Waals surface area contributed by atoms with Crippen LogP contribution in [0.3, 0.4) is 0 Å². The Bertz CT molecular complexity index is 611. The van der Waals surface area contributed by atoms with Crippen LogP contribution >= 0.6 is 0 Å². The molecule has 0 unspecified atom stereocenters. The summed E-state index contributed by atoms with van der Waals surface area (Å²) in [5.41, 5.74) is 2.23. The van der Waals surface area contributed by atoms with Crippen molar-refractivity contribution >= 4 is 17.0 Å². The van der Waals surface area contributed by atoms with Crippen molar-refractivity contribution in [3.63, 3.8) is 0 Å². The van der Waals surface area contributed by atoms with E-state index in [-0.39, 0.29) is 5.56 Å². The summed E-state index contributed by atoms with van der Waals surface area (Å²) in [6.45, 7) is 3.16. The fourth-order valence-electron chi connectivity index (χ4n) is 2.55. The van der Waals surface area contributed by atoms with Crippen LogP contribution in [0, 0.1) is 5.41 Å². The highest BCUT2D eigenvalue weighted by atomic mass is 16.4. The standard InChI is InChI=1S/C14H16N2O2/c1-2-14(6-7-14)8-16-9-15-12-10(13(17)18)4-3-5-11(12)16/h3-5,9H,2,6-8H2,1H3,(H,17,18). The fourth-order valence-corrected chi connectivity index (χ4v) is 2.55. The normalized spacial score (nSPS) is 16.9. The second-order valence-corrected chi connectivity index (χ2v) is 5.20. The summed E-state index contributed by atoms with van der Waals surface area (Å²) in [5.74, 6) is -0.914. The smallest absolute Gasteiger partial charge is 0.337 e. The molecule has 0 radical (unpaired) electrons. The van der Waals surface area contributed by atoms with Gasteiger partial charge in [-0.3, -0.25) is 0 Å². The Morgan fingerprint density at radius 2 is 2.28 bits per heavy atom. The molecule has 0 aliphatic heterocycles. The molecule has 94 valence electrons. The van der Waals surface area contributed by atoms with Crippen LogP contribution in [0.5, 0.6) is 0 Å². The number of hydrogen-bond donors (Lipinski definition) is 1. The van der Waals surface area contributed by atoms with Crippen LogP contribution in [0.1, 0.15) is 36.5 Å². The molecule has 1 N–H and O–H groups in total. The van der Waals surface area contributed by atoms with E-state index in [4.69, 9.17) is 5.11 Å². The highest BCUT2D eigenvalue weighted by molar-refractivity contribution is 6.00. The third kappa shape index (κ3) is 1.68. The number of aromatic carboxylic acids is 1. The van der Waals surface area contributed by atoms with Crippen molar-refractivity contribution in [2.75, 3.05) is 0 Å². The number of aromatic nitrogens is 2. The topological polar surface area (TPSA) is 55.1 Å². The number of carboxylic acid groups (broad SMARTS) is 1. The Kier molecular flexibility index (Phi) is 2.40. The third-order valence-electron chi connectivity index (χ3n) is 4.09. The predicted octanol–water partition coefficient (Wildman–Crippen LogP) is 2.92. The van der Waals surface area contributed by atoms with E-state index in [0.717, 1.165) is 12.1 Å². The maximum atomic E-state index is 11.1. The van der Waals surface area contributed by atoms with Crippen LogP contribution in [-0.2, 0) is 6.54 Å². The molecule has 18 heavy (non-hydrogen) atoms. The summed E-state index contributed by atoms with van der Waals surface area (Å²) in [6, 6.07) is 5.34. The SMILES string of the molecule is CCC1(Cn2cnc3c(C(=O)O)cccc32)CC1. The van der Waals surface area contributed by atoms with Crippen LogP contribution in [-0.4, -0.2) is 20.6 Å². The lowest BCUT2D eigenvalue weighted by Crippen LogP contribution is -2.09. The van der Waals surface area contributed by atoms with Crippen molar-refractivity contribution in [2.45, 2.75) is 32.7 Å². The van der Waals surface area contributed by atoms with E-state index in [1.165, 1.54) is 19.3 Å². The minimum absolute atomic E-state index is 0.285. The van der Waals surface area contributed by atoms with Crippen LogP contribution in [0.25, 0.3) is 11.0 Å². The van der Waals surface area contributed by atoms with Crippen molar-refractivity contribution < 1.29 is 9.90 Å². The largest absolute Gasteiger partial charge is 0.478 e. The van der Waals surface area contributed by atoms with E-state index in [9.17, 15) is 4.79 Å². The number of hydrogen-bond acceptors (Lipinski definition) is 2. The summed E-state index contributed by atoms with van der Waals surface area (Å²) in [4.78, 5) is 15.4. The molecule has 1 saturated carbocycles. The zero-order valence-corrected chi connectivity index (χ0v) is 10.4. The van der Waals surface area contributed by atoms with Gasteiger partial charge >= 0.3 is 5.97 Å². The lowest BCUT2D eigenvalue weighted by Gasteiger charge is -2.13. The summed E-state index contributed by atoms with van der Waals surface area (Å²) in [7, 11) is 0. The van der Waals surface area contributed by atoms with Gasteiger partial charge in [-0.05, 0) is 36.8 Å². The Morgan fingerprint density at radius 3 is 2.89 bits per heavy atom. The van der Waals surface area contributed by atoms with E-state index in [0.29, 0.717) is 10.9 Å². The fraction of sp³-hybridized carbons (Fsp3) is 0.429. The van der Waals surface area contributed by atoms with Crippen molar-refractivity contribution in [3.05, 3.63) is 30.1 Å². The Hall–Kier alpha value is -1.84. The number of fused-ring (bicyclic) bond motifs is 1. The molecule has 1 heterocycles. The van der Waals surface area contributed by atoms with Gasteiger partial charge in [0.15, 0.2) is 0 Å². The van der Waals surface area contributed by atoms with Crippen molar-refractivity contribution in [1.29, 1.82) is 0 Å². The maximum Gasteiger partial charge on any atom is 0.337 e. The Morgan fingerprint density at radius 1 is 1.50 bits per heavy atom. The Labute approximate surface area is 105 Å². The summed E-state index contributed by atoms with van der Waals surface area (Å²) >= 11 is 0. The van der Waals surface area contributed by atoms with Gasteiger partial charge in [0.1, 0.15) is 5.52 Å². The maximum absolute atomic E-state index is 11.1. The summed E-state index contributed by atoms with van der Waals surface area (Å²) < 4.78 is 2.10. The first-order chi connectivity index (χ1) is 8.65. The molecule has 4 heteroatoms. The molecular weight excluding hydrogens is 228 g/mol. The molecule has 3 rings (SSSR count). The molecular formula is C14H16N2O2. The molecule has 0 atom stereocenters. The molecule has 2 aromatic rings. The average molecular weight is 244 g/mol. The van der Waals surface area contributed by atoms with Gasteiger partial charge in [0.2, 0.25) is 0 Å². The monoisotopic (exact) mass is 244 g/mol. The molecule has 0 spiro atoms. The number of rotatable bonds is 4. The predicted molar refractivity (Wildman–Crippen MR) is 68.7 cm³/mol. The van der Waals surface area contributed by atoms with E-state index in [2.05, 4.69) is 16.5 Å². The van der Waals surface area contributed by atoms with E-state index >= 15 is 0 Å². The molecule has 1 aliphatic carbocycles. The quantitative estimate of drug-likeness (QED) is 0.899. The van der Waals surface area contributed by atoms with Crippen LogP contribution in [0.4, 0.5) is 0 Å². The van der Waals surface area contributed by atoms with Gasteiger partial charge in [-0.1, -0.05) is 13.0 Å². The molecule has 0 bridgehead atoms. The minimum Gasteiger partial charge on any atom is -0.478 e. The number of carbonyl (C=O) groups is 1. The van der Waals surface area contributed by atoms with Gasteiger partial charge in [0, 0.05) is 6.54 Å². The molecule has 1 aliphatic rings. The first-order valence-corrected chi connectivity index (χ1v) is 6.32. The number of benzene rings is 1.